The fourth-order valence-corrected chi connectivity index (χ4v) is 1.02. The number of aromatic nitrogens is 1. The van der Waals surface area contributed by atoms with Crippen molar-refractivity contribution in [2.75, 3.05) is 0 Å². The number of hydrogen-bond donors (Lipinski definition) is 2. The molecule has 0 aliphatic carbocycles. The fourth-order valence-electron chi connectivity index (χ4n) is 1.02. The number of hydrogen-bond acceptors (Lipinski definition) is 3. The molecule has 14 heavy (non-hydrogen) atoms. The van der Waals surface area contributed by atoms with Crippen molar-refractivity contribution in [2.45, 2.75) is 13.1 Å². The third-order valence-corrected chi connectivity index (χ3v) is 1.66. The van der Waals surface area contributed by atoms with Crippen molar-refractivity contribution in [3.8, 4) is 0 Å². The Bertz CT molecular complexity index is 340. The monoisotopic (exact) mass is 205 g/mol. The van der Waals surface area contributed by atoms with Crippen molar-refractivity contribution >= 4 is 12.6 Å². The van der Waals surface area contributed by atoms with E-state index in [0.717, 1.165) is 12.3 Å². The van der Waals surface area contributed by atoms with Crippen LogP contribution >= 0.6 is 0 Å². The first-order chi connectivity index (χ1) is 6.32. The molecule has 2 N–H and O–H groups in total. The maximum Gasteiger partial charge on any atom is 0.490 e. The summed E-state index contributed by atoms with van der Waals surface area (Å²) in [6.07, 6.45) is -3.80. The minimum atomic E-state index is -4.60. The molecular formula is C7H7BF3NO2. The van der Waals surface area contributed by atoms with Crippen molar-refractivity contribution < 1.29 is 23.2 Å². The lowest BCUT2D eigenvalue weighted by Gasteiger charge is -2.12. The predicted octanol–water partition coefficient (Wildman–Crippen LogP) is 0.0886. The standard InChI is InChI=1S/C7H7BF3NO2/c1-4-2-5(7(9,10)11)6(3-12-4)8(13)14/h2-3,13-14H,1H3. The summed E-state index contributed by atoms with van der Waals surface area (Å²) in [5, 5.41) is 17.3. The first-order valence-electron chi connectivity index (χ1n) is 3.72. The highest BCUT2D eigenvalue weighted by Crippen LogP contribution is 2.28. The number of halogens is 3. The normalized spacial score (nSPS) is 11.6. The van der Waals surface area contributed by atoms with Crippen LogP contribution in [0.5, 0.6) is 0 Å². The number of aryl methyl sites for hydroxylation is 1. The molecule has 1 aromatic rings. The summed E-state index contributed by atoms with van der Waals surface area (Å²) < 4.78 is 37.0. The van der Waals surface area contributed by atoms with Gasteiger partial charge in [0.2, 0.25) is 0 Å². The van der Waals surface area contributed by atoms with Gasteiger partial charge in [-0.05, 0) is 13.0 Å². The fraction of sp³-hybridized carbons (Fsp3) is 0.286. The van der Waals surface area contributed by atoms with Crippen molar-refractivity contribution in [1.29, 1.82) is 0 Å². The summed E-state index contributed by atoms with van der Waals surface area (Å²) >= 11 is 0. The van der Waals surface area contributed by atoms with Gasteiger partial charge in [-0.1, -0.05) is 0 Å². The van der Waals surface area contributed by atoms with Gasteiger partial charge in [0.25, 0.3) is 0 Å². The van der Waals surface area contributed by atoms with Gasteiger partial charge in [-0.25, -0.2) is 0 Å². The lowest BCUT2D eigenvalue weighted by molar-refractivity contribution is -0.137. The Kier molecular flexibility index (Phi) is 2.82. The van der Waals surface area contributed by atoms with Crippen LogP contribution in [-0.2, 0) is 6.18 Å². The molecule has 1 aromatic heterocycles. The van der Waals surface area contributed by atoms with E-state index < -0.39 is 24.3 Å². The molecule has 0 saturated carbocycles. The van der Waals surface area contributed by atoms with Crippen LogP contribution in [0, 0.1) is 6.92 Å². The number of nitrogens with zero attached hydrogens (tertiary/aromatic N) is 1. The maximum atomic E-state index is 12.3. The van der Waals surface area contributed by atoms with Crippen LogP contribution in [0.4, 0.5) is 13.2 Å². The quantitative estimate of drug-likeness (QED) is 0.638. The van der Waals surface area contributed by atoms with Gasteiger partial charge in [0, 0.05) is 17.4 Å². The van der Waals surface area contributed by atoms with E-state index in [9.17, 15) is 13.2 Å². The largest absolute Gasteiger partial charge is 0.490 e. The second kappa shape index (κ2) is 3.59. The van der Waals surface area contributed by atoms with E-state index in [1.54, 1.807) is 0 Å². The van der Waals surface area contributed by atoms with Crippen molar-refractivity contribution in [3.05, 3.63) is 23.5 Å². The molecule has 0 fully saturated rings. The molecule has 0 atom stereocenters. The van der Waals surface area contributed by atoms with Crippen LogP contribution in [0.25, 0.3) is 0 Å². The summed E-state index contributed by atoms with van der Waals surface area (Å²) in [7, 11) is -2.17. The molecule has 3 nitrogen and oxygen atoms in total. The van der Waals surface area contributed by atoms with E-state index in [4.69, 9.17) is 10.0 Å². The van der Waals surface area contributed by atoms with E-state index in [2.05, 4.69) is 4.98 Å². The van der Waals surface area contributed by atoms with E-state index in [1.165, 1.54) is 6.92 Å². The molecular weight excluding hydrogens is 198 g/mol. The molecule has 0 aliphatic rings. The summed E-state index contributed by atoms with van der Waals surface area (Å²) in [4.78, 5) is 3.55. The number of rotatable bonds is 1. The topological polar surface area (TPSA) is 53.4 Å². The number of alkyl halides is 3. The van der Waals surface area contributed by atoms with Gasteiger partial charge in [-0.3, -0.25) is 4.98 Å². The Hall–Kier alpha value is -1.08. The Morgan fingerprint density at radius 2 is 1.93 bits per heavy atom. The van der Waals surface area contributed by atoms with Gasteiger partial charge < -0.3 is 10.0 Å². The third-order valence-electron chi connectivity index (χ3n) is 1.66. The molecule has 0 radical (unpaired) electrons. The first kappa shape index (κ1) is 11.0. The van der Waals surface area contributed by atoms with Crippen LogP contribution in [0.2, 0.25) is 0 Å². The zero-order valence-electron chi connectivity index (χ0n) is 7.21. The second-order valence-corrected chi connectivity index (χ2v) is 2.78. The predicted molar refractivity (Wildman–Crippen MR) is 43.8 cm³/mol. The van der Waals surface area contributed by atoms with Gasteiger partial charge in [-0.2, -0.15) is 13.2 Å². The molecule has 7 heteroatoms. The van der Waals surface area contributed by atoms with E-state index in [1.807, 2.05) is 0 Å². The smallest absolute Gasteiger partial charge is 0.423 e. The summed E-state index contributed by atoms with van der Waals surface area (Å²) in [6.45, 7) is 1.39. The summed E-state index contributed by atoms with van der Waals surface area (Å²) in [5.74, 6) is 0. The highest BCUT2D eigenvalue weighted by atomic mass is 19.4. The van der Waals surface area contributed by atoms with Crippen LogP contribution in [0.3, 0.4) is 0 Å². The van der Waals surface area contributed by atoms with E-state index in [0.29, 0.717) is 0 Å². The minimum absolute atomic E-state index is 0.168. The Balaban J connectivity index is 3.30. The molecule has 0 amide bonds. The lowest BCUT2D eigenvalue weighted by Crippen LogP contribution is -2.36. The van der Waals surface area contributed by atoms with Crippen LogP contribution in [0.15, 0.2) is 12.3 Å². The van der Waals surface area contributed by atoms with E-state index >= 15 is 0 Å². The SMILES string of the molecule is Cc1cc(C(F)(F)F)c(B(O)O)cn1. The Morgan fingerprint density at radius 1 is 1.36 bits per heavy atom. The van der Waals surface area contributed by atoms with Gasteiger partial charge in [0.15, 0.2) is 0 Å². The van der Waals surface area contributed by atoms with Crippen LogP contribution < -0.4 is 5.46 Å². The highest BCUT2D eigenvalue weighted by Gasteiger charge is 2.36. The van der Waals surface area contributed by atoms with Gasteiger partial charge >= 0.3 is 13.3 Å². The van der Waals surface area contributed by atoms with Crippen LogP contribution in [0.1, 0.15) is 11.3 Å². The molecule has 0 unspecified atom stereocenters. The summed E-state index contributed by atoms with van der Waals surface area (Å²) in [6, 6.07) is 0.773. The highest BCUT2D eigenvalue weighted by molar-refractivity contribution is 6.59. The molecule has 0 bridgehead atoms. The van der Waals surface area contributed by atoms with E-state index in [-0.39, 0.29) is 5.69 Å². The Labute approximate surface area is 78.4 Å². The van der Waals surface area contributed by atoms with Gasteiger partial charge in [-0.15, -0.1) is 0 Å². The lowest BCUT2D eigenvalue weighted by atomic mass is 9.78. The molecule has 0 aromatic carbocycles. The average molecular weight is 205 g/mol. The molecule has 1 rings (SSSR count). The zero-order valence-corrected chi connectivity index (χ0v) is 7.21. The molecule has 0 aliphatic heterocycles. The molecule has 1 heterocycles. The van der Waals surface area contributed by atoms with Crippen molar-refractivity contribution in [3.63, 3.8) is 0 Å². The first-order valence-corrected chi connectivity index (χ1v) is 3.72. The third kappa shape index (κ3) is 2.24. The van der Waals surface area contributed by atoms with Crippen molar-refractivity contribution in [2.24, 2.45) is 0 Å². The molecule has 0 spiro atoms. The average Bonchev–Trinajstić information content (AvgIpc) is 2.01. The van der Waals surface area contributed by atoms with Gasteiger partial charge in [0.1, 0.15) is 0 Å². The summed E-state index contributed by atoms with van der Waals surface area (Å²) in [5.41, 5.74) is -1.54. The van der Waals surface area contributed by atoms with Crippen LogP contribution in [-0.4, -0.2) is 22.2 Å². The molecule has 0 saturated heterocycles. The number of pyridine rings is 1. The maximum absolute atomic E-state index is 12.3. The zero-order chi connectivity index (χ0) is 10.9. The van der Waals surface area contributed by atoms with Crippen molar-refractivity contribution in [1.82, 2.24) is 4.98 Å². The molecule has 76 valence electrons. The Morgan fingerprint density at radius 3 is 2.36 bits per heavy atom. The second-order valence-electron chi connectivity index (χ2n) is 2.78. The van der Waals surface area contributed by atoms with Gasteiger partial charge in [0.05, 0.1) is 5.56 Å². The minimum Gasteiger partial charge on any atom is -0.423 e.